The molecule has 0 aromatic heterocycles. The number of aryl methyl sites for hydroxylation is 1. The van der Waals surface area contributed by atoms with Crippen LogP contribution in [0.1, 0.15) is 22.3 Å². The van der Waals surface area contributed by atoms with Crippen LogP contribution in [0.25, 0.3) is 0 Å². The molecule has 1 N–H and O–H groups in total. The van der Waals surface area contributed by atoms with Gasteiger partial charge in [0.2, 0.25) is 0 Å². The number of hydrogen-bond acceptors (Lipinski definition) is 4. The highest BCUT2D eigenvalue weighted by Crippen LogP contribution is 2.28. The Morgan fingerprint density at radius 1 is 1.12 bits per heavy atom. The van der Waals surface area contributed by atoms with Gasteiger partial charge in [-0.15, -0.1) is 0 Å². The van der Waals surface area contributed by atoms with Crippen molar-refractivity contribution in [2.24, 2.45) is 0 Å². The summed E-state index contributed by atoms with van der Waals surface area (Å²) in [5.74, 6) is -0.0694. The van der Waals surface area contributed by atoms with Crippen LogP contribution in [0, 0.1) is 0 Å². The average Bonchev–Trinajstić information content (AvgIpc) is 2.61. The molecule has 0 fully saturated rings. The molecule has 0 atom stereocenters. The predicted octanol–water partition coefficient (Wildman–Crippen LogP) is 2.12. The van der Waals surface area contributed by atoms with Crippen molar-refractivity contribution in [2.75, 3.05) is 18.0 Å². The van der Waals surface area contributed by atoms with Crippen molar-refractivity contribution in [1.82, 2.24) is 4.72 Å². The van der Waals surface area contributed by atoms with E-state index in [1.54, 1.807) is 24.3 Å². The van der Waals surface area contributed by atoms with E-state index in [0.717, 1.165) is 12.0 Å². The van der Waals surface area contributed by atoms with Gasteiger partial charge in [0.15, 0.2) is 0 Å². The van der Waals surface area contributed by atoms with Gasteiger partial charge in [-0.05, 0) is 48.7 Å². The van der Waals surface area contributed by atoms with Gasteiger partial charge in [0.05, 0.1) is 12.8 Å². The van der Waals surface area contributed by atoms with E-state index in [1.165, 1.54) is 23.5 Å². The van der Waals surface area contributed by atoms with E-state index < -0.39 is 16.1 Å². The molecule has 2 aromatic rings. The molecule has 0 saturated heterocycles. The second-order valence-electron chi connectivity index (χ2n) is 5.47. The van der Waals surface area contributed by atoms with E-state index in [2.05, 4.69) is 4.72 Å². The second kappa shape index (κ2) is 6.52. The molecule has 1 amide bonds. The van der Waals surface area contributed by atoms with Crippen LogP contribution in [0.15, 0.2) is 48.5 Å². The number of nitrogens with zero attached hydrogens (tertiary/aromatic N) is 1. The van der Waals surface area contributed by atoms with Crippen molar-refractivity contribution in [1.29, 1.82) is 0 Å². The quantitative estimate of drug-likeness (QED) is 0.920. The van der Waals surface area contributed by atoms with Crippen LogP contribution in [-0.2, 0) is 16.6 Å². The maximum atomic E-state index is 12.6. The van der Waals surface area contributed by atoms with Gasteiger partial charge < -0.3 is 4.74 Å². The monoisotopic (exact) mass is 346 g/mol. The summed E-state index contributed by atoms with van der Waals surface area (Å²) >= 11 is 0. The number of ether oxygens (including phenoxy) is 1. The molecule has 7 heteroatoms. The number of fused-ring (bicyclic) bond motifs is 1. The van der Waals surface area contributed by atoms with E-state index in [4.69, 9.17) is 4.74 Å². The van der Waals surface area contributed by atoms with E-state index in [1.807, 2.05) is 12.1 Å². The van der Waals surface area contributed by atoms with Gasteiger partial charge in [0, 0.05) is 12.1 Å². The summed E-state index contributed by atoms with van der Waals surface area (Å²) in [6.45, 7) is 0.349. The van der Waals surface area contributed by atoms with Crippen LogP contribution in [0.2, 0.25) is 0 Å². The van der Waals surface area contributed by atoms with Crippen molar-refractivity contribution in [3.05, 3.63) is 59.7 Å². The Labute approximate surface area is 141 Å². The summed E-state index contributed by atoms with van der Waals surface area (Å²) in [6.07, 6.45) is 1.54. The number of carbonyl (C=O) groups excluding carboxylic acids is 1. The molecule has 1 aliphatic heterocycles. The number of para-hydroxylation sites is 1. The Balaban J connectivity index is 1.82. The van der Waals surface area contributed by atoms with Gasteiger partial charge in [-0.25, -0.2) is 4.72 Å². The van der Waals surface area contributed by atoms with Gasteiger partial charge >= 0.3 is 10.2 Å². The smallest absolute Gasteiger partial charge is 0.326 e. The molecule has 0 bridgehead atoms. The summed E-state index contributed by atoms with van der Waals surface area (Å²) in [5.41, 5.74) is 1.84. The third-order valence-corrected chi connectivity index (χ3v) is 5.33. The third-order valence-electron chi connectivity index (χ3n) is 3.93. The molecule has 0 saturated carbocycles. The first-order valence-corrected chi connectivity index (χ1v) is 9.02. The van der Waals surface area contributed by atoms with Crippen LogP contribution >= 0.6 is 0 Å². The molecule has 0 radical (unpaired) electrons. The standard InChI is InChI=1S/C17H18N2O4S/c1-23-15-10-8-14(9-11-15)17(20)18-24(21,22)19-12-4-6-13-5-2-3-7-16(13)19/h2-3,5,7-11H,4,6,12H2,1H3,(H,18,20). The van der Waals surface area contributed by atoms with Gasteiger partial charge in [-0.1, -0.05) is 18.2 Å². The molecule has 1 heterocycles. The highest BCUT2D eigenvalue weighted by Gasteiger charge is 2.28. The largest absolute Gasteiger partial charge is 0.497 e. The number of rotatable bonds is 4. The Bertz CT molecular complexity index is 847. The molecule has 24 heavy (non-hydrogen) atoms. The summed E-state index contributed by atoms with van der Waals surface area (Å²) < 4.78 is 33.7. The highest BCUT2D eigenvalue weighted by molar-refractivity contribution is 7.91. The minimum Gasteiger partial charge on any atom is -0.497 e. The fourth-order valence-electron chi connectivity index (χ4n) is 2.72. The zero-order valence-corrected chi connectivity index (χ0v) is 14.0. The molecule has 0 unspecified atom stereocenters. The Kier molecular flexibility index (Phi) is 4.44. The lowest BCUT2D eigenvalue weighted by Crippen LogP contribution is -2.45. The lowest BCUT2D eigenvalue weighted by Gasteiger charge is -2.30. The van der Waals surface area contributed by atoms with E-state index in [-0.39, 0.29) is 5.56 Å². The van der Waals surface area contributed by atoms with Crippen molar-refractivity contribution < 1.29 is 17.9 Å². The second-order valence-corrected chi connectivity index (χ2v) is 7.06. The molecule has 6 nitrogen and oxygen atoms in total. The van der Waals surface area contributed by atoms with Crippen LogP contribution in [0.3, 0.4) is 0 Å². The van der Waals surface area contributed by atoms with Gasteiger partial charge in [-0.2, -0.15) is 8.42 Å². The molecular formula is C17H18N2O4S. The van der Waals surface area contributed by atoms with Gasteiger partial charge in [-0.3, -0.25) is 9.10 Å². The number of carbonyl (C=O) groups is 1. The highest BCUT2D eigenvalue weighted by atomic mass is 32.2. The fraction of sp³-hybridized carbons (Fsp3) is 0.235. The van der Waals surface area contributed by atoms with Crippen molar-refractivity contribution in [3.8, 4) is 5.75 Å². The topological polar surface area (TPSA) is 75.7 Å². The summed E-state index contributed by atoms with van der Waals surface area (Å²) in [6, 6.07) is 13.6. The molecule has 2 aromatic carbocycles. The summed E-state index contributed by atoms with van der Waals surface area (Å²) in [4.78, 5) is 12.3. The Morgan fingerprint density at radius 3 is 2.54 bits per heavy atom. The lowest BCUT2D eigenvalue weighted by atomic mass is 10.0. The van der Waals surface area contributed by atoms with Gasteiger partial charge in [0.25, 0.3) is 5.91 Å². The maximum Gasteiger partial charge on any atom is 0.326 e. The fourth-order valence-corrected chi connectivity index (χ4v) is 3.99. The first-order chi connectivity index (χ1) is 11.5. The minimum atomic E-state index is -3.96. The number of hydrogen-bond donors (Lipinski definition) is 1. The van der Waals surface area contributed by atoms with Crippen LogP contribution in [0.5, 0.6) is 5.75 Å². The lowest BCUT2D eigenvalue weighted by molar-refractivity contribution is 0.0981. The predicted molar refractivity (Wildman–Crippen MR) is 91.5 cm³/mol. The first kappa shape index (κ1) is 16.3. The van der Waals surface area contributed by atoms with Gasteiger partial charge in [0.1, 0.15) is 5.75 Å². The van der Waals surface area contributed by atoms with E-state index in [9.17, 15) is 13.2 Å². The number of nitrogens with one attached hydrogen (secondary N) is 1. The zero-order chi connectivity index (χ0) is 17.2. The summed E-state index contributed by atoms with van der Waals surface area (Å²) in [7, 11) is -2.44. The number of anilines is 1. The molecule has 0 aliphatic carbocycles. The number of methoxy groups -OCH3 is 1. The molecule has 1 aliphatic rings. The Morgan fingerprint density at radius 2 is 1.83 bits per heavy atom. The van der Waals surface area contributed by atoms with E-state index in [0.29, 0.717) is 24.4 Å². The molecule has 3 rings (SSSR count). The van der Waals surface area contributed by atoms with Crippen LogP contribution < -0.4 is 13.8 Å². The zero-order valence-electron chi connectivity index (χ0n) is 13.2. The Hall–Kier alpha value is -2.54. The molecule has 0 spiro atoms. The average molecular weight is 346 g/mol. The van der Waals surface area contributed by atoms with Crippen LogP contribution in [0.4, 0.5) is 5.69 Å². The molecular weight excluding hydrogens is 328 g/mol. The van der Waals surface area contributed by atoms with Crippen molar-refractivity contribution in [3.63, 3.8) is 0 Å². The minimum absolute atomic E-state index is 0.254. The number of benzene rings is 2. The third kappa shape index (κ3) is 3.21. The van der Waals surface area contributed by atoms with Crippen molar-refractivity contribution in [2.45, 2.75) is 12.8 Å². The maximum absolute atomic E-state index is 12.6. The SMILES string of the molecule is COc1ccc(C(=O)NS(=O)(=O)N2CCCc3ccccc32)cc1. The summed E-state index contributed by atoms with van der Waals surface area (Å²) in [5, 5.41) is 0. The molecule has 126 valence electrons. The van der Waals surface area contributed by atoms with E-state index >= 15 is 0 Å². The first-order valence-electron chi connectivity index (χ1n) is 7.58. The van der Waals surface area contributed by atoms with Crippen LogP contribution in [-0.4, -0.2) is 28.0 Å². The number of amides is 1. The van der Waals surface area contributed by atoms with Crippen molar-refractivity contribution >= 4 is 21.8 Å². The normalized spacial score (nSPS) is 14.0.